The molecule has 9 heteroatoms. The van der Waals surface area contributed by atoms with Gasteiger partial charge in [-0.05, 0) is 42.2 Å². The van der Waals surface area contributed by atoms with E-state index >= 15 is 0 Å². The lowest BCUT2D eigenvalue weighted by Gasteiger charge is -2.43. The lowest BCUT2D eigenvalue weighted by Crippen LogP contribution is -2.62. The van der Waals surface area contributed by atoms with Crippen molar-refractivity contribution in [2.24, 2.45) is 11.3 Å². The Morgan fingerprint density at radius 2 is 1.93 bits per heavy atom. The van der Waals surface area contributed by atoms with Crippen molar-refractivity contribution >= 4 is 27.3 Å². The summed E-state index contributed by atoms with van der Waals surface area (Å²) in [6.45, 7) is 0.721. The summed E-state index contributed by atoms with van der Waals surface area (Å²) < 4.78 is 26.4. The summed E-state index contributed by atoms with van der Waals surface area (Å²) in [6.07, 6.45) is 5.54. The van der Waals surface area contributed by atoms with Crippen LogP contribution in [0.3, 0.4) is 0 Å². The van der Waals surface area contributed by atoms with Gasteiger partial charge >= 0.3 is 0 Å². The third-order valence-corrected chi connectivity index (χ3v) is 7.79. The summed E-state index contributed by atoms with van der Waals surface area (Å²) >= 11 is 0. The SMILES string of the molecule is CS(=O)(=O)N1CC2(CC2)CC(C(=O)NO)C1C(=O)C1CC(c2ccccc2)=CCN1. The molecule has 4 rings (SSSR count). The second kappa shape index (κ2) is 7.88. The Labute approximate surface area is 176 Å². The minimum atomic E-state index is -3.72. The normalized spacial score (nSPS) is 28.6. The third-order valence-electron chi connectivity index (χ3n) is 6.58. The van der Waals surface area contributed by atoms with Crippen LogP contribution in [0.15, 0.2) is 36.4 Å². The van der Waals surface area contributed by atoms with Gasteiger partial charge in [0.25, 0.3) is 0 Å². The molecule has 1 aromatic rings. The number of hydrogen-bond donors (Lipinski definition) is 3. The quantitative estimate of drug-likeness (QED) is 0.470. The molecule has 0 aromatic heterocycles. The number of ketones is 1. The fraction of sp³-hybridized carbons (Fsp3) is 0.524. The van der Waals surface area contributed by atoms with E-state index in [-0.39, 0.29) is 17.7 Å². The van der Waals surface area contributed by atoms with E-state index in [9.17, 15) is 23.2 Å². The lowest BCUT2D eigenvalue weighted by atomic mass is 9.78. The minimum absolute atomic E-state index is 0.242. The molecule has 162 valence electrons. The molecule has 1 amide bonds. The van der Waals surface area contributed by atoms with Crippen LogP contribution < -0.4 is 10.8 Å². The van der Waals surface area contributed by atoms with Crippen LogP contribution >= 0.6 is 0 Å². The van der Waals surface area contributed by atoms with Crippen molar-refractivity contribution in [3.63, 3.8) is 0 Å². The first-order valence-corrected chi connectivity index (χ1v) is 12.0. The second-order valence-corrected chi connectivity index (χ2v) is 10.6. The zero-order valence-corrected chi connectivity index (χ0v) is 17.7. The van der Waals surface area contributed by atoms with Gasteiger partial charge in [-0.3, -0.25) is 14.8 Å². The van der Waals surface area contributed by atoms with Crippen molar-refractivity contribution in [1.82, 2.24) is 15.1 Å². The summed E-state index contributed by atoms with van der Waals surface area (Å²) in [4.78, 5) is 26.1. The summed E-state index contributed by atoms with van der Waals surface area (Å²) in [5.74, 6) is -1.95. The largest absolute Gasteiger partial charge is 0.304 e. The smallest absolute Gasteiger partial charge is 0.248 e. The third kappa shape index (κ3) is 4.07. The molecule has 2 fully saturated rings. The number of rotatable bonds is 5. The van der Waals surface area contributed by atoms with Gasteiger partial charge in [0.15, 0.2) is 5.78 Å². The Kier molecular flexibility index (Phi) is 5.56. The first kappa shape index (κ1) is 21.2. The minimum Gasteiger partial charge on any atom is -0.304 e. The molecule has 30 heavy (non-hydrogen) atoms. The maximum absolute atomic E-state index is 13.6. The van der Waals surface area contributed by atoms with Gasteiger partial charge in [0.1, 0.15) is 0 Å². The van der Waals surface area contributed by atoms with Crippen molar-refractivity contribution in [3.05, 3.63) is 42.0 Å². The number of hydrogen-bond acceptors (Lipinski definition) is 6. The molecule has 1 spiro atoms. The van der Waals surface area contributed by atoms with E-state index in [0.717, 1.165) is 30.2 Å². The van der Waals surface area contributed by atoms with Crippen molar-refractivity contribution in [2.45, 2.75) is 37.8 Å². The van der Waals surface area contributed by atoms with Gasteiger partial charge in [-0.25, -0.2) is 13.9 Å². The molecule has 3 atom stereocenters. The number of sulfonamides is 1. The Morgan fingerprint density at radius 1 is 1.23 bits per heavy atom. The molecule has 1 aromatic carbocycles. The van der Waals surface area contributed by atoms with E-state index in [1.807, 2.05) is 36.4 Å². The summed E-state index contributed by atoms with van der Waals surface area (Å²) in [6, 6.07) is 7.98. The number of amides is 1. The van der Waals surface area contributed by atoms with Gasteiger partial charge in [0.2, 0.25) is 15.9 Å². The summed E-state index contributed by atoms with van der Waals surface area (Å²) in [5, 5.41) is 12.4. The Balaban J connectivity index is 1.64. The molecule has 2 aliphatic heterocycles. The number of nitrogens with zero attached hydrogens (tertiary/aromatic N) is 1. The van der Waals surface area contributed by atoms with Gasteiger partial charge in [-0.1, -0.05) is 36.4 Å². The first-order valence-electron chi connectivity index (χ1n) is 10.2. The molecular formula is C21H27N3O5S. The predicted octanol–water partition coefficient (Wildman–Crippen LogP) is 0.937. The van der Waals surface area contributed by atoms with Crippen molar-refractivity contribution in [2.75, 3.05) is 19.3 Å². The second-order valence-electron chi connectivity index (χ2n) is 8.70. The number of carbonyl (C=O) groups excluding carboxylic acids is 2. The van der Waals surface area contributed by atoms with Gasteiger partial charge in [0.05, 0.1) is 24.3 Å². The average molecular weight is 434 g/mol. The highest BCUT2D eigenvalue weighted by molar-refractivity contribution is 7.88. The number of piperidine rings is 1. The van der Waals surface area contributed by atoms with Crippen LogP contribution in [0.4, 0.5) is 0 Å². The number of hydroxylamine groups is 1. The maximum Gasteiger partial charge on any atom is 0.248 e. The predicted molar refractivity (Wildman–Crippen MR) is 111 cm³/mol. The zero-order valence-electron chi connectivity index (χ0n) is 16.9. The zero-order chi connectivity index (χ0) is 21.5. The van der Waals surface area contributed by atoms with E-state index < -0.39 is 33.9 Å². The molecule has 0 radical (unpaired) electrons. The van der Waals surface area contributed by atoms with Crippen LogP contribution in [0.25, 0.3) is 5.57 Å². The topological polar surface area (TPSA) is 116 Å². The molecule has 1 saturated carbocycles. The van der Waals surface area contributed by atoms with Crippen molar-refractivity contribution < 1.29 is 23.2 Å². The monoisotopic (exact) mass is 433 g/mol. The Morgan fingerprint density at radius 3 is 2.53 bits per heavy atom. The fourth-order valence-electron chi connectivity index (χ4n) is 4.79. The van der Waals surface area contributed by atoms with Gasteiger partial charge in [-0.2, -0.15) is 4.31 Å². The molecule has 3 unspecified atom stereocenters. The van der Waals surface area contributed by atoms with Crippen molar-refractivity contribution in [1.29, 1.82) is 0 Å². The summed E-state index contributed by atoms with van der Waals surface area (Å²) in [5.41, 5.74) is 3.40. The van der Waals surface area contributed by atoms with Crippen LogP contribution in [-0.2, 0) is 19.6 Å². The Hall–Kier alpha value is -2.07. The number of Topliss-reactive ketones (excluding diaryl/α,β-unsaturated/α-hetero) is 1. The molecule has 3 aliphatic rings. The number of carbonyl (C=O) groups is 2. The molecule has 3 N–H and O–H groups in total. The maximum atomic E-state index is 13.6. The van der Waals surface area contributed by atoms with E-state index in [2.05, 4.69) is 5.32 Å². The molecular weight excluding hydrogens is 406 g/mol. The highest BCUT2D eigenvalue weighted by Crippen LogP contribution is 2.55. The van der Waals surface area contributed by atoms with Crippen molar-refractivity contribution in [3.8, 4) is 0 Å². The molecule has 8 nitrogen and oxygen atoms in total. The van der Waals surface area contributed by atoms with E-state index in [1.54, 1.807) is 5.48 Å². The highest BCUT2D eigenvalue weighted by atomic mass is 32.2. The number of nitrogens with one attached hydrogen (secondary N) is 2. The van der Waals surface area contributed by atoms with Gasteiger partial charge in [0, 0.05) is 13.1 Å². The van der Waals surface area contributed by atoms with Crippen LogP contribution in [0.5, 0.6) is 0 Å². The summed E-state index contributed by atoms with van der Waals surface area (Å²) in [7, 11) is -3.72. The van der Waals surface area contributed by atoms with E-state index in [4.69, 9.17) is 0 Å². The lowest BCUT2D eigenvalue weighted by molar-refractivity contribution is -0.143. The van der Waals surface area contributed by atoms with Crippen LogP contribution in [-0.4, -0.2) is 61.0 Å². The number of benzene rings is 1. The van der Waals surface area contributed by atoms with Gasteiger partial charge in [-0.15, -0.1) is 0 Å². The van der Waals surface area contributed by atoms with Gasteiger partial charge < -0.3 is 5.32 Å². The molecule has 0 bridgehead atoms. The molecule has 2 heterocycles. The Bertz CT molecular complexity index is 972. The fourth-order valence-corrected chi connectivity index (χ4v) is 5.96. The molecule has 1 aliphatic carbocycles. The van der Waals surface area contributed by atoms with Crippen LogP contribution in [0.2, 0.25) is 0 Å². The van der Waals surface area contributed by atoms with E-state index in [1.165, 1.54) is 4.31 Å². The standard InChI is InChI=1S/C21H27N3O5S/c1-30(28,29)24-13-21(8-9-21)12-16(20(26)23-27)18(24)19(25)17-11-15(7-10-22-17)14-5-3-2-4-6-14/h2-7,16-18,22,27H,8-13H2,1H3,(H,23,26). The van der Waals surface area contributed by atoms with E-state index in [0.29, 0.717) is 19.4 Å². The van der Waals surface area contributed by atoms with Crippen LogP contribution in [0, 0.1) is 11.3 Å². The average Bonchev–Trinajstić information content (AvgIpc) is 3.50. The van der Waals surface area contributed by atoms with Crippen LogP contribution in [0.1, 0.15) is 31.2 Å². The first-order chi connectivity index (χ1) is 14.2. The molecule has 1 saturated heterocycles. The highest BCUT2D eigenvalue weighted by Gasteiger charge is 2.58.